The van der Waals surface area contributed by atoms with Gasteiger partial charge in [-0.1, -0.05) is 207 Å². The maximum atomic E-state index is 12.8. The van der Waals surface area contributed by atoms with Crippen LogP contribution in [-0.4, -0.2) is 37.2 Å². The molecule has 0 saturated carbocycles. The fraction of sp³-hybridized carbons (Fsp3) is 0.625. The molecule has 0 aliphatic heterocycles. The van der Waals surface area contributed by atoms with Gasteiger partial charge in [-0.2, -0.15) is 0 Å². The van der Waals surface area contributed by atoms with Crippen molar-refractivity contribution in [2.24, 2.45) is 0 Å². The van der Waals surface area contributed by atoms with Gasteiger partial charge in [0, 0.05) is 19.3 Å². The Morgan fingerprint density at radius 2 is 0.726 bits per heavy atom. The molecule has 0 aliphatic rings. The molecule has 0 aromatic carbocycles. The topological polar surface area (TPSA) is 78.9 Å². The standard InChI is InChI=1S/C56H90O6/c1-4-7-10-13-16-19-22-24-26-27-28-30-31-34-37-40-43-46-49-55(58)61-52-53(51-60-54(57)48-45-42-39-36-33-21-18-15-12-9-6-3)62-56(59)50-47-44-41-38-35-32-29-25-23-20-17-14-11-8-5-2/h8-9,11-12,14,17-18,20-21,23,25-30,36,39,53H,4-7,10,13,15-16,19,22,24,31-35,37-38,40-52H2,1-3H3/b11-8-,12-9-,17-14-,21-18-,23-20-,27-26-,29-25-,30-28-,39-36-. The number of carbonyl (C=O) groups excluding carboxylic acids is 3. The number of unbranched alkanes of at least 4 members (excludes halogenated alkanes) is 18. The van der Waals surface area contributed by atoms with E-state index < -0.39 is 6.10 Å². The van der Waals surface area contributed by atoms with E-state index in [9.17, 15) is 14.4 Å². The Morgan fingerprint density at radius 3 is 1.24 bits per heavy atom. The van der Waals surface area contributed by atoms with Crippen molar-refractivity contribution in [1.82, 2.24) is 0 Å². The van der Waals surface area contributed by atoms with Gasteiger partial charge in [0.05, 0.1) is 0 Å². The molecule has 0 rings (SSSR count). The van der Waals surface area contributed by atoms with Gasteiger partial charge in [0.15, 0.2) is 6.10 Å². The van der Waals surface area contributed by atoms with E-state index in [-0.39, 0.29) is 44.0 Å². The summed E-state index contributed by atoms with van der Waals surface area (Å²) in [6, 6.07) is 0. The Kier molecular flexibility index (Phi) is 46.6. The zero-order valence-electron chi connectivity index (χ0n) is 39.8. The fourth-order valence-corrected chi connectivity index (χ4v) is 6.41. The number of allylic oxidation sites excluding steroid dienone is 18. The van der Waals surface area contributed by atoms with Crippen LogP contribution in [0.2, 0.25) is 0 Å². The Labute approximate surface area is 380 Å². The highest BCUT2D eigenvalue weighted by atomic mass is 16.6. The molecule has 350 valence electrons. The molecule has 0 N–H and O–H groups in total. The van der Waals surface area contributed by atoms with Gasteiger partial charge >= 0.3 is 17.9 Å². The van der Waals surface area contributed by atoms with Crippen molar-refractivity contribution in [3.05, 3.63) is 109 Å². The Bertz CT molecular complexity index is 1310. The molecule has 6 nitrogen and oxygen atoms in total. The van der Waals surface area contributed by atoms with Crippen LogP contribution in [0.1, 0.15) is 207 Å². The second-order valence-corrected chi connectivity index (χ2v) is 16.1. The van der Waals surface area contributed by atoms with Crippen LogP contribution in [0.4, 0.5) is 0 Å². The summed E-state index contributed by atoms with van der Waals surface area (Å²) in [5, 5.41) is 0. The molecule has 0 spiro atoms. The van der Waals surface area contributed by atoms with Crippen molar-refractivity contribution in [2.75, 3.05) is 13.2 Å². The second kappa shape index (κ2) is 49.7. The van der Waals surface area contributed by atoms with Gasteiger partial charge < -0.3 is 14.2 Å². The van der Waals surface area contributed by atoms with E-state index in [1.165, 1.54) is 51.4 Å². The Morgan fingerprint density at radius 1 is 0.355 bits per heavy atom. The number of rotatable bonds is 43. The van der Waals surface area contributed by atoms with Crippen molar-refractivity contribution in [2.45, 2.75) is 213 Å². The monoisotopic (exact) mass is 859 g/mol. The van der Waals surface area contributed by atoms with E-state index in [0.717, 1.165) is 109 Å². The summed E-state index contributed by atoms with van der Waals surface area (Å²) in [6.07, 6.45) is 66.5. The molecule has 62 heavy (non-hydrogen) atoms. The van der Waals surface area contributed by atoms with Gasteiger partial charge in [-0.15, -0.1) is 0 Å². The van der Waals surface area contributed by atoms with Gasteiger partial charge in [0.2, 0.25) is 0 Å². The molecule has 1 unspecified atom stereocenters. The minimum atomic E-state index is -0.818. The number of hydrogen-bond donors (Lipinski definition) is 0. The van der Waals surface area contributed by atoms with Crippen LogP contribution in [-0.2, 0) is 28.6 Å². The van der Waals surface area contributed by atoms with Crippen LogP contribution >= 0.6 is 0 Å². The molecule has 0 aromatic rings. The van der Waals surface area contributed by atoms with Gasteiger partial charge in [-0.25, -0.2) is 0 Å². The number of esters is 3. The van der Waals surface area contributed by atoms with Crippen molar-refractivity contribution in [1.29, 1.82) is 0 Å². The van der Waals surface area contributed by atoms with E-state index >= 15 is 0 Å². The van der Waals surface area contributed by atoms with Gasteiger partial charge in [-0.05, 0) is 89.9 Å². The first-order chi connectivity index (χ1) is 30.5. The van der Waals surface area contributed by atoms with Crippen LogP contribution < -0.4 is 0 Å². The molecular weight excluding hydrogens is 769 g/mol. The van der Waals surface area contributed by atoms with Gasteiger partial charge in [-0.3, -0.25) is 14.4 Å². The molecule has 1 atom stereocenters. The summed E-state index contributed by atoms with van der Waals surface area (Å²) in [6.45, 7) is 6.28. The lowest BCUT2D eigenvalue weighted by Crippen LogP contribution is -2.30. The molecule has 0 amide bonds. The number of ether oxygens (including phenoxy) is 3. The SMILES string of the molecule is CC\C=C/C=C\C=C/C=C\CCCCCCCC(=O)OC(COC(=O)CCC/C=C\C/C=C\C/C=C\CC)COC(=O)CCCCCCC/C=C\C=C/CCCCCCCCC. The second-order valence-electron chi connectivity index (χ2n) is 16.1. The summed E-state index contributed by atoms with van der Waals surface area (Å²) >= 11 is 0. The van der Waals surface area contributed by atoms with Crippen LogP contribution in [0.5, 0.6) is 0 Å². The molecule has 0 bridgehead atoms. The fourth-order valence-electron chi connectivity index (χ4n) is 6.41. The van der Waals surface area contributed by atoms with Crippen LogP contribution in [0.25, 0.3) is 0 Å². The average molecular weight is 859 g/mol. The Hall–Kier alpha value is -3.93. The smallest absolute Gasteiger partial charge is 0.306 e. The molecule has 0 saturated heterocycles. The third-order valence-corrected chi connectivity index (χ3v) is 10.1. The quantitative estimate of drug-likeness (QED) is 0.0200. The first kappa shape index (κ1) is 58.1. The summed E-state index contributed by atoms with van der Waals surface area (Å²) in [5.41, 5.74) is 0. The lowest BCUT2D eigenvalue weighted by molar-refractivity contribution is -0.167. The van der Waals surface area contributed by atoms with Crippen molar-refractivity contribution < 1.29 is 28.6 Å². The summed E-state index contributed by atoms with van der Waals surface area (Å²) in [4.78, 5) is 37.9. The average Bonchev–Trinajstić information content (AvgIpc) is 3.27. The highest BCUT2D eigenvalue weighted by Crippen LogP contribution is 2.13. The third-order valence-electron chi connectivity index (χ3n) is 10.1. The minimum absolute atomic E-state index is 0.114. The third kappa shape index (κ3) is 47.1. The van der Waals surface area contributed by atoms with E-state index in [2.05, 4.69) is 106 Å². The van der Waals surface area contributed by atoms with Crippen LogP contribution in [0.15, 0.2) is 109 Å². The zero-order valence-corrected chi connectivity index (χ0v) is 39.8. The highest BCUT2D eigenvalue weighted by Gasteiger charge is 2.19. The van der Waals surface area contributed by atoms with Crippen molar-refractivity contribution in [3.8, 4) is 0 Å². The van der Waals surface area contributed by atoms with Crippen molar-refractivity contribution in [3.63, 3.8) is 0 Å². The van der Waals surface area contributed by atoms with Gasteiger partial charge in [0.25, 0.3) is 0 Å². The maximum absolute atomic E-state index is 12.8. The van der Waals surface area contributed by atoms with E-state index in [1.54, 1.807) is 0 Å². The van der Waals surface area contributed by atoms with E-state index in [1.807, 2.05) is 24.3 Å². The molecule has 0 heterocycles. The van der Waals surface area contributed by atoms with Crippen LogP contribution in [0, 0.1) is 0 Å². The summed E-state index contributed by atoms with van der Waals surface area (Å²) < 4.78 is 16.7. The van der Waals surface area contributed by atoms with E-state index in [0.29, 0.717) is 12.8 Å². The molecule has 0 aromatic heterocycles. The maximum Gasteiger partial charge on any atom is 0.306 e. The molecule has 0 aliphatic carbocycles. The summed E-state index contributed by atoms with van der Waals surface area (Å²) in [7, 11) is 0. The molecule has 0 fully saturated rings. The van der Waals surface area contributed by atoms with Crippen LogP contribution in [0.3, 0.4) is 0 Å². The highest BCUT2D eigenvalue weighted by molar-refractivity contribution is 5.71. The first-order valence-electron chi connectivity index (χ1n) is 25.0. The van der Waals surface area contributed by atoms with E-state index in [4.69, 9.17) is 14.2 Å². The normalized spacial score (nSPS) is 13.0. The lowest BCUT2D eigenvalue weighted by atomic mass is 10.1. The number of carbonyl (C=O) groups is 3. The molecular formula is C56H90O6. The predicted molar refractivity (Wildman–Crippen MR) is 265 cm³/mol. The molecule has 0 radical (unpaired) electrons. The molecule has 6 heteroatoms. The largest absolute Gasteiger partial charge is 0.462 e. The Balaban J connectivity index is 4.49. The summed E-state index contributed by atoms with van der Waals surface area (Å²) in [5.74, 6) is -1.02. The first-order valence-corrected chi connectivity index (χ1v) is 25.0. The van der Waals surface area contributed by atoms with Gasteiger partial charge in [0.1, 0.15) is 13.2 Å². The number of hydrogen-bond acceptors (Lipinski definition) is 6. The minimum Gasteiger partial charge on any atom is -0.462 e. The predicted octanol–water partition coefficient (Wildman–Crippen LogP) is 16.4. The zero-order chi connectivity index (χ0) is 45.1. The lowest BCUT2D eigenvalue weighted by Gasteiger charge is -2.18. The van der Waals surface area contributed by atoms with Crippen molar-refractivity contribution >= 4 is 17.9 Å².